The lowest BCUT2D eigenvalue weighted by molar-refractivity contribution is 0.0209. The van der Waals surface area contributed by atoms with Crippen molar-refractivity contribution >= 4 is 10.1 Å². The summed E-state index contributed by atoms with van der Waals surface area (Å²) in [5.74, 6) is 0. The monoisotopic (exact) mass is 353 g/mol. The second-order valence-electron chi connectivity index (χ2n) is 6.89. The van der Waals surface area contributed by atoms with Gasteiger partial charge in [0.15, 0.2) is 0 Å². The Hall–Kier alpha value is -0.950. The van der Waals surface area contributed by atoms with Crippen LogP contribution in [0.5, 0.6) is 0 Å². The largest absolute Gasteiger partial charge is 0.372 e. The minimum Gasteiger partial charge on any atom is -0.372 e. The summed E-state index contributed by atoms with van der Waals surface area (Å²) >= 11 is 0. The zero-order valence-electron chi connectivity index (χ0n) is 14.3. The summed E-state index contributed by atoms with van der Waals surface area (Å²) in [6.45, 7) is 2.45. The van der Waals surface area contributed by atoms with E-state index in [0.717, 1.165) is 51.4 Å². The highest BCUT2D eigenvalue weighted by molar-refractivity contribution is 7.86. The van der Waals surface area contributed by atoms with Crippen molar-refractivity contribution in [2.75, 3.05) is 19.3 Å². The first-order valence-electron chi connectivity index (χ1n) is 8.79. The number of nitrogens with zero attached hydrogens (tertiary/aromatic N) is 1. The molecule has 3 atom stereocenters. The van der Waals surface area contributed by atoms with Crippen LogP contribution in [-0.2, 0) is 25.6 Å². The van der Waals surface area contributed by atoms with Gasteiger partial charge in [-0.2, -0.15) is 8.42 Å². The van der Waals surface area contributed by atoms with Crippen LogP contribution < -0.4 is 0 Å². The van der Waals surface area contributed by atoms with Crippen LogP contribution in [-0.4, -0.2) is 50.9 Å². The zero-order valence-corrected chi connectivity index (χ0v) is 15.1. The third kappa shape index (κ3) is 5.02. The molecule has 0 radical (unpaired) electrons. The van der Waals surface area contributed by atoms with Crippen molar-refractivity contribution in [2.24, 2.45) is 0 Å². The van der Waals surface area contributed by atoms with Gasteiger partial charge in [-0.1, -0.05) is 43.2 Å². The molecule has 1 aromatic carbocycles. The molecule has 1 aliphatic heterocycles. The highest BCUT2D eigenvalue weighted by atomic mass is 32.2. The topological polar surface area (TPSA) is 55.8 Å². The third-order valence-corrected chi connectivity index (χ3v) is 5.54. The number of ether oxygens (including phenoxy) is 1. The second-order valence-corrected chi connectivity index (χ2v) is 8.49. The molecule has 5 nitrogen and oxygen atoms in total. The number of benzene rings is 1. The summed E-state index contributed by atoms with van der Waals surface area (Å²) in [7, 11) is -3.40. The normalized spacial score (nSPS) is 29.0. The van der Waals surface area contributed by atoms with Gasteiger partial charge in [-0.3, -0.25) is 9.08 Å². The van der Waals surface area contributed by atoms with E-state index in [0.29, 0.717) is 6.61 Å². The van der Waals surface area contributed by atoms with E-state index in [1.54, 1.807) is 0 Å². The van der Waals surface area contributed by atoms with Crippen molar-refractivity contribution in [3.63, 3.8) is 0 Å². The van der Waals surface area contributed by atoms with E-state index in [1.165, 1.54) is 5.56 Å². The van der Waals surface area contributed by atoms with Gasteiger partial charge in [-0.05, 0) is 24.8 Å². The molecule has 6 heteroatoms. The average molecular weight is 353 g/mol. The van der Waals surface area contributed by atoms with E-state index in [-0.39, 0.29) is 18.2 Å². The molecule has 1 heterocycles. The molecule has 1 aromatic rings. The maximum atomic E-state index is 11.5. The molecule has 0 spiro atoms. The van der Waals surface area contributed by atoms with Gasteiger partial charge in [-0.25, -0.2) is 0 Å². The SMILES string of the molecule is CS(=O)(=O)O[C@@H]1CCCC[C@H]1N1CC[C@@H](OCc2ccccc2)C1. The van der Waals surface area contributed by atoms with Gasteiger partial charge < -0.3 is 4.74 Å². The molecule has 1 aliphatic carbocycles. The van der Waals surface area contributed by atoms with E-state index in [9.17, 15) is 8.42 Å². The highest BCUT2D eigenvalue weighted by Gasteiger charge is 2.37. The van der Waals surface area contributed by atoms with Crippen LogP contribution in [0.15, 0.2) is 30.3 Å². The first kappa shape index (κ1) is 17.9. The van der Waals surface area contributed by atoms with Crippen molar-refractivity contribution in [3.8, 4) is 0 Å². The molecule has 2 aliphatic rings. The Labute approximate surface area is 145 Å². The standard InChI is InChI=1S/C18H27NO4S/c1-24(20,21)23-18-10-6-5-9-17(18)19-12-11-16(13-19)22-14-15-7-3-2-4-8-15/h2-4,7-8,16-18H,5-6,9-14H2,1H3/t16-,17-,18-/m1/s1. The molecule has 0 aromatic heterocycles. The second kappa shape index (κ2) is 7.95. The molecule has 1 saturated heterocycles. The van der Waals surface area contributed by atoms with Crippen LogP contribution in [0.3, 0.4) is 0 Å². The Bertz CT molecular complexity index is 619. The summed E-state index contributed by atoms with van der Waals surface area (Å²) < 4.78 is 34.4. The summed E-state index contributed by atoms with van der Waals surface area (Å²) in [5.41, 5.74) is 1.19. The fourth-order valence-electron chi connectivity index (χ4n) is 3.81. The van der Waals surface area contributed by atoms with E-state index >= 15 is 0 Å². The molecule has 2 fully saturated rings. The van der Waals surface area contributed by atoms with Crippen molar-refractivity contribution in [2.45, 2.75) is 57.0 Å². The number of hydrogen-bond acceptors (Lipinski definition) is 5. The fraction of sp³-hybridized carbons (Fsp3) is 0.667. The fourth-order valence-corrected chi connectivity index (χ4v) is 4.48. The van der Waals surface area contributed by atoms with Crippen LogP contribution in [0.1, 0.15) is 37.7 Å². The van der Waals surface area contributed by atoms with Gasteiger partial charge in [-0.15, -0.1) is 0 Å². The van der Waals surface area contributed by atoms with Gasteiger partial charge in [0.1, 0.15) is 0 Å². The van der Waals surface area contributed by atoms with Gasteiger partial charge in [0.25, 0.3) is 10.1 Å². The molecule has 0 unspecified atom stereocenters. The molecule has 134 valence electrons. The molecular weight excluding hydrogens is 326 g/mol. The summed E-state index contributed by atoms with van der Waals surface area (Å²) in [5, 5.41) is 0. The van der Waals surface area contributed by atoms with Crippen molar-refractivity contribution in [3.05, 3.63) is 35.9 Å². The molecule has 0 amide bonds. The maximum absolute atomic E-state index is 11.5. The van der Waals surface area contributed by atoms with Crippen molar-refractivity contribution in [1.29, 1.82) is 0 Å². The molecule has 1 saturated carbocycles. The molecule has 0 bridgehead atoms. The Morgan fingerprint density at radius 2 is 1.88 bits per heavy atom. The van der Waals surface area contributed by atoms with Crippen LogP contribution in [0, 0.1) is 0 Å². The molecule has 3 rings (SSSR count). The van der Waals surface area contributed by atoms with Crippen LogP contribution in [0.2, 0.25) is 0 Å². The number of likely N-dealkylation sites (tertiary alicyclic amines) is 1. The van der Waals surface area contributed by atoms with E-state index < -0.39 is 10.1 Å². The van der Waals surface area contributed by atoms with E-state index in [2.05, 4.69) is 17.0 Å². The van der Waals surface area contributed by atoms with Gasteiger partial charge in [0.2, 0.25) is 0 Å². The Kier molecular flexibility index (Phi) is 5.92. The van der Waals surface area contributed by atoms with Gasteiger partial charge in [0.05, 0.1) is 25.1 Å². The number of rotatable bonds is 6. The first-order valence-corrected chi connectivity index (χ1v) is 10.6. The molecule has 24 heavy (non-hydrogen) atoms. The lowest BCUT2D eigenvalue weighted by Gasteiger charge is -2.37. The maximum Gasteiger partial charge on any atom is 0.264 e. The van der Waals surface area contributed by atoms with Crippen molar-refractivity contribution in [1.82, 2.24) is 4.90 Å². The highest BCUT2D eigenvalue weighted by Crippen LogP contribution is 2.29. The van der Waals surface area contributed by atoms with Gasteiger partial charge >= 0.3 is 0 Å². The lowest BCUT2D eigenvalue weighted by Crippen LogP contribution is -2.46. The van der Waals surface area contributed by atoms with Crippen LogP contribution in [0.25, 0.3) is 0 Å². The van der Waals surface area contributed by atoms with E-state index in [4.69, 9.17) is 8.92 Å². The van der Waals surface area contributed by atoms with E-state index in [1.807, 2.05) is 18.2 Å². The van der Waals surface area contributed by atoms with Crippen LogP contribution >= 0.6 is 0 Å². The summed E-state index contributed by atoms with van der Waals surface area (Å²) in [4.78, 5) is 2.37. The average Bonchev–Trinajstić information content (AvgIpc) is 3.02. The van der Waals surface area contributed by atoms with Crippen LogP contribution in [0.4, 0.5) is 0 Å². The quantitative estimate of drug-likeness (QED) is 0.736. The predicted octanol–water partition coefficient (Wildman–Crippen LogP) is 2.56. The smallest absolute Gasteiger partial charge is 0.264 e. The summed E-state index contributed by atoms with van der Waals surface area (Å²) in [6.07, 6.45) is 6.16. The van der Waals surface area contributed by atoms with Crippen molar-refractivity contribution < 1.29 is 17.3 Å². The number of hydrogen-bond donors (Lipinski definition) is 0. The minimum absolute atomic E-state index is 0.193. The molecule has 0 N–H and O–H groups in total. The minimum atomic E-state index is -3.40. The summed E-state index contributed by atoms with van der Waals surface area (Å²) in [6, 6.07) is 10.4. The lowest BCUT2D eigenvalue weighted by atomic mass is 9.91. The zero-order chi connectivity index (χ0) is 17.0. The predicted molar refractivity (Wildman–Crippen MR) is 93.2 cm³/mol. The third-order valence-electron chi connectivity index (χ3n) is 4.94. The Balaban J connectivity index is 1.53. The Morgan fingerprint density at radius 1 is 1.12 bits per heavy atom. The molecular formula is C18H27NO4S. The van der Waals surface area contributed by atoms with Gasteiger partial charge in [0, 0.05) is 19.1 Å². The Morgan fingerprint density at radius 3 is 2.62 bits per heavy atom. The first-order chi connectivity index (χ1) is 11.5.